The zero-order chi connectivity index (χ0) is 14.5. The van der Waals surface area contributed by atoms with Gasteiger partial charge in [0.1, 0.15) is 6.04 Å². The van der Waals surface area contributed by atoms with Crippen LogP contribution >= 0.6 is 23.6 Å². The van der Waals surface area contributed by atoms with Crippen LogP contribution in [0.3, 0.4) is 0 Å². The van der Waals surface area contributed by atoms with Crippen molar-refractivity contribution in [3.63, 3.8) is 0 Å². The number of rotatable bonds is 4. The molecule has 20 heavy (non-hydrogen) atoms. The van der Waals surface area contributed by atoms with Crippen LogP contribution in [0.25, 0.3) is 0 Å². The van der Waals surface area contributed by atoms with Gasteiger partial charge >= 0.3 is 0 Å². The Morgan fingerprint density at radius 3 is 2.60 bits per heavy atom. The standard InChI is InChI=1S/C12H12N4O2S2/c1-7(17)13-9(8-5-3-2-4-6-8)10(18)14-11-15-16-12(19)20-11/h2-6,9H,1H3,(H,13,17)(H,16,19)(H,14,15,18). The number of benzene rings is 1. The van der Waals surface area contributed by atoms with E-state index in [-0.39, 0.29) is 11.8 Å². The number of amides is 2. The molecule has 0 saturated heterocycles. The lowest BCUT2D eigenvalue weighted by Crippen LogP contribution is -2.35. The van der Waals surface area contributed by atoms with E-state index in [2.05, 4.69) is 20.8 Å². The summed E-state index contributed by atoms with van der Waals surface area (Å²) in [5.41, 5.74) is 0.694. The summed E-state index contributed by atoms with van der Waals surface area (Å²) in [5, 5.41) is 12.0. The lowest BCUT2D eigenvalue weighted by atomic mass is 10.1. The fourth-order valence-electron chi connectivity index (χ4n) is 1.61. The highest BCUT2D eigenvalue weighted by atomic mass is 32.1. The molecule has 1 aromatic carbocycles. The molecule has 0 bridgehead atoms. The third kappa shape index (κ3) is 3.72. The van der Waals surface area contributed by atoms with Gasteiger partial charge in [0.2, 0.25) is 11.0 Å². The second-order valence-corrected chi connectivity index (χ2v) is 5.62. The maximum Gasteiger partial charge on any atom is 0.253 e. The molecule has 0 spiro atoms. The summed E-state index contributed by atoms with van der Waals surface area (Å²) in [6, 6.07) is 8.21. The summed E-state index contributed by atoms with van der Waals surface area (Å²) in [6.07, 6.45) is 0. The number of H-pyrrole nitrogens is 1. The molecule has 1 aromatic heterocycles. The van der Waals surface area contributed by atoms with Gasteiger partial charge in [-0.2, -0.15) is 0 Å². The normalized spacial score (nSPS) is 11.7. The van der Waals surface area contributed by atoms with E-state index in [1.807, 2.05) is 6.07 Å². The highest BCUT2D eigenvalue weighted by molar-refractivity contribution is 7.73. The van der Waals surface area contributed by atoms with Gasteiger partial charge in [0.05, 0.1) is 0 Å². The first-order chi connectivity index (χ1) is 9.56. The van der Waals surface area contributed by atoms with Gasteiger partial charge in [0, 0.05) is 6.92 Å². The Morgan fingerprint density at radius 1 is 1.35 bits per heavy atom. The molecule has 0 aliphatic carbocycles. The maximum absolute atomic E-state index is 12.3. The molecule has 0 aliphatic rings. The van der Waals surface area contributed by atoms with Crippen molar-refractivity contribution in [2.75, 3.05) is 5.32 Å². The van der Waals surface area contributed by atoms with Crippen LogP contribution in [0.5, 0.6) is 0 Å². The second-order valence-electron chi connectivity index (χ2n) is 3.95. The van der Waals surface area contributed by atoms with Crippen LogP contribution in [0.4, 0.5) is 5.13 Å². The third-order valence-corrected chi connectivity index (χ3v) is 3.42. The molecule has 1 heterocycles. The predicted molar refractivity (Wildman–Crippen MR) is 78.9 cm³/mol. The van der Waals surface area contributed by atoms with Gasteiger partial charge in [-0.25, -0.2) is 0 Å². The molecule has 8 heteroatoms. The van der Waals surface area contributed by atoms with Crippen LogP contribution in [-0.4, -0.2) is 22.0 Å². The summed E-state index contributed by atoms with van der Waals surface area (Å²) in [4.78, 5) is 23.5. The van der Waals surface area contributed by atoms with E-state index in [9.17, 15) is 9.59 Å². The smallest absolute Gasteiger partial charge is 0.253 e. The lowest BCUT2D eigenvalue weighted by molar-refractivity contribution is -0.125. The van der Waals surface area contributed by atoms with Crippen molar-refractivity contribution in [2.24, 2.45) is 0 Å². The van der Waals surface area contributed by atoms with Crippen molar-refractivity contribution in [1.82, 2.24) is 15.5 Å². The highest BCUT2D eigenvalue weighted by Crippen LogP contribution is 2.17. The molecule has 6 nitrogen and oxygen atoms in total. The van der Waals surface area contributed by atoms with E-state index in [1.165, 1.54) is 6.92 Å². The molecular formula is C12H12N4O2S2. The van der Waals surface area contributed by atoms with Crippen LogP contribution in [-0.2, 0) is 9.59 Å². The van der Waals surface area contributed by atoms with Gasteiger partial charge in [0.15, 0.2) is 3.95 Å². The molecule has 0 saturated carbocycles. The van der Waals surface area contributed by atoms with E-state index in [0.29, 0.717) is 14.6 Å². The molecule has 3 N–H and O–H groups in total. The molecule has 2 amide bonds. The van der Waals surface area contributed by atoms with E-state index < -0.39 is 6.04 Å². The average molecular weight is 308 g/mol. The fourth-order valence-corrected chi connectivity index (χ4v) is 2.40. The van der Waals surface area contributed by atoms with Crippen LogP contribution < -0.4 is 10.6 Å². The molecule has 1 atom stereocenters. The number of anilines is 1. The van der Waals surface area contributed by atoms with Crippen LogP contribution in [0, 0.1) is 3.95 Å². The van der Waals surface area contributed by atoms with E-state index in [4.69, 9.17) is 12.2 Å². The van der Waals surface area contributed by atoms with Gasteiger partial charge in [0.25, 0.3) is 5.91 Å². The predicted octanol–water partition coefficient (Wildman–Crippen LogP) is 2.02. The largest absolute Gasteiger partial charge is 0.341 e. The van der Waals surface area contributed by atoms with Gasteiger partial charge in [-0.1, -0.05) is 41.7 Å². The number of nitrogens with one attached hydrogen (secondary N) is 3. The summed E-state index contributed by atoms with van der Waals surface area (Å²) in [6.45, 7) is 1.36. The first kappa shape index (κ1) is 14.4. The Hall–Kier alpha value is -2.06. The quantitative estimate of drug-likeness (QED) is 0.754. The minimum Gasteiger partial charge on any atom is -0.341 e. The molecule has 2 rings (SSSR count). The Balaban J connectivity index is 2.20. The van der Waals surface area contributed by atoms with Crippen molar-refractivity contribution in [3.05, 3.63) is 39.8 Å². The van der Waals surface area contributed by atoms with Crippen molar-refractivity contribution in [2.45, 2.75) is 13.0 Å². The molecule has 1 unspecified atom stereocenters. The van der Waals surface area contributed by atoms with Crippen molar-refractivity contribution < 1.29 is 9.59 Å². The number of carbonyl (C=O) groups excluding carboxylic acids is 2. The van der Waals surface area contributed by atoms with E-state index in [0.717, 1.165) is 11.3 Å². The number of hydrogen-bond donors (Lipinski definition) is 3. The minimum atomic E-state index is -0.772. The summed E-state index contributed by atoms with van der Waals surface area (Å²) in [7, 11) is 0. The monoisotopic (exact) mass is 308 g/mol. The molecule has 0 aliphatic heterocycles. The topological polar surface area (TPSA) is 86.9 Å². The molecule has 2 aromatic rings. The minimum absolute atomic E-state index is 0.288. The van der Waals surface area contributed by atoms with Crippen molar-refractivity contribution >= 4 is 40.5 Å². The van der Waals surface area contributed by atoms with Gasteiger partial charge in [-0.05, 0) is 17.8 Å². The first-order valence-corrected chi connectivity index (χ1v) is 6.97. The number of aromatic nitrogens is 2. The highest BCUT2D eigenvalue weighted by Gasteiger charge is 2.22. The zero-order valence-electron chi connectivity index (χ0n) is 10.5. The van der Waals surface area contributed by atoms with Crippen molar-refractivity contribution in [3.8, 4) is 0 Å². The van der Waals surface area contributed by atoms with Crippen molar-refractivity contribution in [1.29, 1.82) is 0 Å². The average Bonchev–Trinajstić information content (AvgIpc) is 2.82. The SMILES string of the molecule is CC(=O)NC(C(=O)Nc1n[nH]c(=S)s1)c1ccccc1. The van der Waals surface area contributed by atoms with Crippen LogP contribution in [0.1, 0.15) is 18.5 Å². The summed E-state index contributed by atoms with van der Waals surface area (Å²) < 4.78 is 0.469. The number of hydrogen-bond acceptors (Lipinski definition) is 5. The van der Waals surface area contributed by atoms with E-state index in [1.54, 1.807) is 24.3 Å². The van der Waals surface area contributed by atoms with Gasteiger partial charge in [-0.3, -0.25) is 20.0 Å². The van der Waals surface area contributed by atoms with Crippen LogP contribution in [0.2, 0.25) is 0 Å². The third-order valence-electron chi connectivity index (χ3n) is 2.41. The molecule has 104 valence electrons. The molecular weight excluding hydrogens is 296 g/mol. The second kappa shape index (κ2) is 6.40. The lowest BCUT2D eigenvalue weighted by Gasteiger charge is -2.16. The molecule has 0 fully saturated rings. The number of aromatic amines is 1. The molecule has 0 radical (unpaired) electrons. The maximum atomic E-state index is 12.3. The number of nitrogens with zero attached hydrogens (tertiary/aromatic N) is 1. The van der Waals surface area contributed by atoms with Crippen LogP contribution in [0.15, 0.2) is 30.3 Å². The Labute approximate surface area is 124 Å². The Kier molecular flexibility index (Phi) is 4.59. The first-order valence-electron chi connectivity index (χ1n) is 5.74. The zero-order valence-corrected chi connectivity index (χ0v) is 12.2. The summed E-state index contributed by atoms with van der Waals surface area (Å²) in [5.74, 6) is -0.659. The van der Waals surface area contributed by atoms with Gasteiger partial charge in [-0.15, -0.1) is 5.10 Å². The Morgan fingerprint density at radius 2 is 2.05 bits per heavy atom. The van der Waals surface area contributed by atoms with Gasteiger partial charge < -0.3 is 5.32 Å². The number of carbonyl (C=O) groups is 2. The Bertz CT molecular complexity index is 665. The fraction of sp³-hybridized carbons (Fsp3) is 0.167. The van der Waals surface area contributed by atoms with E-state index >= 15 is 0 Å². The summed E-state index contributed by atoms with van der Waals surface area (Å²) >= 11 is 6.05.